The number of hydrogen-bond donors (Lipinski definition) is 1. The molecule has 2 N–H and O–H groups in total. The van der Waals surface area contributed by atoms with Crippen molar-refractivity contribution in [3.63, 3.8) is 0 Å². The van der Waals surface area contributed by atoms with E-state index in [1.54, 1.807) is 0 Å². The second-order valence-corrected chi connectivity index (χ2v) is 3.85. The maximum Gasteiger partial charge on any atom is 0.0949 e. The van der Waals surface area contributed by atoms with E-state index in [-0.39, 0.29) is 0 Å². The maximum atomic E-state index is 5.43. The van der Waals surface area contributed by atoms with Crippen LogP contribution < -0.4 is 5.73 Å². The molecule has 13 heavy (non-hydrogen) atoms. The van der Waals surface area contributed by atoms with E-state index in [0.717, 1.165) is 31.6 Å². The second kappa shape index (κ2) is 5.02. The zero-order valence-corrected chi connectivity index (χ0v) is 8.53. The number of aromatic nitrogens is 2. The highest BCUT2D eigenvalue weighted by molar-refractivity contribution is 4.96. The van der Waals surface area contributed by atoms with Crippen LogP contribution in [0.3, 0.4) is 0 Å². The van der Waals surface area contributed by atoms with E-state index in [2.05, 4.69) is 29.6 Å². The van der Waals surface area contributed by atoms with Gasteiger partial charge in [0.15, 0.2) is 0 Å². The predicted octanol–water partition coefficient (Wildman–Crippen LogP) is 1.43. The van der Waals surface area contributed by atoms with Crippen LogP contribution in [0.1, 0.15) is 26.0 Å². The molecule has 0 spiro atoms. The Kier molecular flexibility index (Phi) is 3.96. The summed E-state index contributed by atoms with van der Waals surface area (Å²) in [5.41, 5.74) is 6.59. The summed E-state index contributed by atoms with van der Waals surface area (Å²) in [6, 6.07) is 0. The van der Waals surface area contributed by atoms with Crippen molar-refractivity contribution in [1.82, 2.24) is 9.55 Å². The molecule has 0 aliphatic carbocycles. The van der Waals surface area contributed by atoms with Crippen LogP contribution >= 0.6 is 0 Å². The van der Waals surface area contributed by atoms with Gasteiger partial charge < -0.3 is 10.3 Å². The van der Waals surface area contributed by atoms with Crippen molar-refractivity contribution in [2.24, 2.45) is 11.7 Å². The molecule has 0 amide bonds. The van der Waals surface area contributed by atoms with E-state index in [1.165, 1.54) is 0 Å². The fraction of sp³-hybridized carbons (Fsp3) is 0.700. The van der Waals surface area contributed by atoms with Crippen LogP contribution in [-0.4, -0.2) is 16.1 Å². The highest BCUT2D eigenvalue weighted by atomic mass is 15.0. The molecule has 0 radical (unpaired) electrons. The third-order valence-electron chi connectivity index (χ3n) is 1.90. The maximum absolute atomic E-state index is 5.43. The van der Waals surface area contributed by atoms with Gasteiger partial charge >= 0.3 is 0 Å². The Labute approximate surface area is 80.0 Å². The van der Waals surface area contributed by atoms with Gasteiger partial charge in [0.25, 0.3) is 0 Å². The van der Waals surface area contributed by atoms with Crippen LogP contribution in [0.2, 0.25) is 0 Å². The molecular formula is C10H19N3. The van der Waals surface area contributed by atoms with E-state index in [9.17, 15) is 0 Å². The van der Waals surface area contributed by atoms with Gasteiger partial charge in [-0.15, -0.1) is 0 Å². The molecule has 3 nitrogen and oxygen atoms in total. The lowest BCUT2D eigenvalue weighted by molar-refractivity contribution is 0.522. The Morgan fingerprint density at radius 1 is 1.54 bits per heavy atom. The van der Waals surface area contributed by atoms with E-state index >= 15 is 0 Å². The molecule has 0 saturated carbocycles. The lowest BCUT2D eigenvalue weighted by atomic mass is 10.2. The number of nitrogens with zero attached hydrogens (tertiary/aromatic N) is 2. The Morgan fingerprint density at radius 3 is 2.92 bits per heavy atom. The number of aryl methyl sites for hydroxylation is 1. The van der Waals surface area contributed by atoms with Crippen molar-refractivity contribution < 1.29 is 0 Å². The number of hydrogen-bond acceptors (Lipinski definition) is 2. The minimum atomic E-state index is 0.677. The van der Waals surface area contributed by atoms with E-state index < -0.39 is 0 Å². The molecule has 1 aromatic rings. The van der Waals surface area contributed by atoms with Gasteiger partial charge in [0.2, 0.25) is 0 Å². The largest absolute Gasteiger partial charge is 0.337 e. The van der Waals surface area contributed by atoms with Crippen LogP contribution in [0, 0.1) is 5.92 Å². The first-order valence-corrected chi connectivity index (χ1v) is 4.93. The number of nitrogens with two attached hydrogens (primary N) is 1. The molecule has 0 aliphatic rings. The van der Waals surface area contributed by atoms with Gasteiger partial charge in [-0.25, -0.2) is 4.98 Å². The first-order chi connectivity index (χ1) is 6.22. The quantitative estimate of drug-likeness (QED) is 0.746. The standard InChI is InChI=1S/C10H19N3/c1-9(2)6-13-7-10(12-8-13)4-3-5-11/h7-9H,3-6,11H2,1-2H3. The highest BCUT2D eigenvalue weighted by Gasteiger charge is 1.99. The summed E-state index contributed by atoms with van der Waals surface area (Å²) in [5, 5.41) is 0. The summed E-state index contributed by atoms with van der Waals surface area (Å²) in [5.74, 6) is 0.677. The zero-order valence-electron chi connectivity index (χ0n) is 8.53. The number of imidazole rings is 1. The molecule has 0 unspecified atom stereocenters. The summed E-state index contributed by atoms with van der Waals surface area (Å²) in [6.07, 6.45) is 6.06. The van der Waals surface area contributed by atoms with Crippen LogP contribution in [-0.2, 0) is 13.0 Å². The Bertz CT molecular complexity index is 240. The first kappa shape index (κ1) is 10.3. The SMILES string of the molecule is CC(C)Cn1cnc(CCCN)c1. The smallest absolute Gasteiger partial charge is 0.0949 e. The van der Waals surface area contributed by atoms with Gasteiger partial charge in [-0.05, 0) is 25.3 Å². The van der Waals surface area contributed by atoms with Gasteiger partial charge in [-0.2, -0.15) is 0 Å². The molecule has 0 atom stereocenters. The molecule has 0 fully saturated rings. The topological polar surface area (TPSA) is 43.8 Å². The fourth-order valence-electron chi connectivity index (χ4n) is 1.34. The summed E-state index contributed by atoms with van der Waals surface area (Å²) in [6.45, 7) is 6.21. The lowest BCUT2D eigenvalue weighted by Gasteiger charge is -2.03. The molecule has 1 aromatic heterocycles. The average Bonchev–Trinajstić information content (AvgIpc) is 2.48. The van der Waals surface area contributed by atoms with Crippen LogP contribution in [0.4, 0.5) is 0 Å². The van der Waals surface area contributed by atoms with Crippen molar-refractivity contribution in [3.8, 4) is 0 Å². The van der Waals surface area contributed by atoms with E-state index in [1.807, 2.05) is 6.33 Å². The molecule has 0 saturated heterocycles. The molecule has 0 bridgehead atoms. The Hall–Kier alpha value is -0.830. The van der Waals surface area contributed by atoms with Crippen molar-refractivity contribution in [2.75, 3.05) is 6.54 Å². The van der Waals surface area contributed by atoms with E-state index in [0.29, 0.717) is 5.92 Å². The molecule has 3 heteroatoms. The van der Waals surface area contributed by atoms with Gasteiger partial charge in [0.05, 0.1) is 12.0 Å². The summed E-state index contributed by atoms with van der Waals surface area (Å²) in [4.78, 5) is 4.31. The third kappa shape index (κ3) is 3.59. The monoisotopic (exact) mass is 181 g/mol. The summed E-state index contributed by atoms with van der Waals surface area (Å²) in [7, 11) is 0. The average molecular weight is 181 g/mol. The summed E-state index contributed by atoms with van der Waals surface area (Å²) < 4.78 is 2.15. The Morgan fingerprint density at radius 2 is 2.31 bits per heavy atom. The van der Waals surface area contributed by atoms with Gasteiger partial charge in [0.1, 0.15) is 0 Å². The van der Waals surface area contributed by atoms with Gasteiger partial charge in [0, 0.05) is 12.7 Å². The minimum Gasteiger partial charge on any atom is -0.337 e. The fourth-order valence-corrected chi connectivity index (χ4v) is 1.34. The van der Waals surface area contributed by atoms with Crippen molar-refractivity contribution in [2.45, 2.75) is 33.2 Å². The minimum absolute atomic E-state index is 0.677. The van der Waals surface area contributed by atoms with Gasteiger partial charge in [-0.3, -0.25) is 0 Å². The summed E-state index contributed by atoms with van der Waals surface area (Å²) >= 11 is 0. The van der Waals surface area contributed by atoms with Crippen molar-refractivity contribution in [3.05, 3.63) is 18.2 Å². The molecular weight excluding hydrogens is 162 g/mol. The van der Waals surface area contributed by atoms with Crippen molar-refractivity contribution in [1.29, 1.82) is 0 Å². The molecule has 0 aliphatic heterocycles. The highest BCUT2D eigenvalue weighted by Crippen LogP contribution is 2.03. The van der Waals surface area contributed by atoms with Gasteiger partial charge in [-0.1, -0.05) is 13.8 Å². The van der Waals surface area contributed by atoms with E-state index in [4.69, 9.17) is 5.73 Å². The normalized spacial score (nSPS) is 11.1. The molecule has 1 rings (SSSR count). The molecule has 0 aromatic carbocycles. The predicted molar refractivity (Wildman–Crippen MR) is 54.4 cm³/mol. The van der Waals surface area contributed by atoms with Crippen molar-refractivity contribution >= 4 is 0 Å². The van der Waals surface area contributed by atoms with Crippen LogP contribution in [0.5, 0.6) is 0 Å². The Balaban J connectivity index is 2.44. The molecule has 1 heterocycles. The second-order valence-electron chi connectivity index (χ2n) is 3.85. The third-order valence-corrected chi connectivity index (χ3v) is 1.90. The van der Waals surface area contributed by atoms with Crippen LogP contribution in [0.15, 0.2) is 12.5 Å². The molecule has 74 valence electrons. The van der Waals surface area contributed by atoms with Crippen LogP contribution in [0.25, 0.3) is 0 Å². The zero-order chi connectivity index (χ0) is 9.68. The lowest BCUT2D eigenvalue weighted by Crippen LogP contribution is -2.02. The first-order valence-electron chi connectivity index (χ1n) is 4.93. The number of rotatable bonds is 5.